The van der Waals surface area contributed by atoms with Crippen molar-refractivity contribution < 1.29 is 0 Å². The van der Waals surface area contributed by atoms with Gasteiger partial charge < -0.3 is 16.8 Å². The second-order valence-corrected chi connectivity index (χ2v) is 4.26. The van der Waals surface area contributed by atoms with Crippen molar-refractivity contribution in [2.24, 2.45) is 0 Å². The lowest BCUT2D eigenvalue weighted by atomic mass is 10.2. The molecule has 0 aliphatic carbocycles. The molecule has 0 aromatic heterocycles. The van der Waals surface area contributed by atoms with Gasteiger partial charge in [0.05, 0.1) is 11.4 Å². The minimum atomic E-state index is 0.589. The van der Waals surface area contributed by atoms with Crippen LogP contribution in [-0.2, 0) is 6.54 Å². The van der Waals surface area contributed by atoms with Crippen LogP contribution in [0, 0.1) is 0 Å². The van der Waals surface area contributed by atoms with Crippen molar-refractivity contribution in [2.45, 2.75) is 6.54 Å². The molecule has 0 bridgehead atoms. The van der Waals surface area contributed by atoms with E-state index in [1.54, 1.807) is 6.07 Å². The largest absolute Gasteiger partial charge is 0.397 e. The Balaban J connectivity index is 2.02. The topological polar surface area (TPSA) is 64.1 Å². The molecule has 4 heteroatoms. The highest BCUT2D eigenvalue weighted by Gasteiger charge is 1.97. The van der Waals surface area contributed by atoms with Crippen LogP contribution in [0.5, 0.6) is 0 Å². The number of hydrogen-bond acceptors (Lipinski definition) is 3. The van der Waals surface area contributed by atoms with Gasteiger partial charge in [-0.2, -0.15) is 0 Å². The lowest BCUT2D eigenvalue weighted by Gasteiger charge is -2.08. The van der Waals surface area contributed by atoms with Gasteiger partial charge in [0, 0.05) is 17.3 Å². The Morgan fingerprint density at radius 3 is 2.29 bits per heavy atom. The number of halogens is 1. The van der Waals surface area contributed by atoms with Crippen molar-refractivity contribution in [1.82, 2.24) is 0 Å². The molecule has 0 unspecified atom stereocenters. The number of rotatable bonds is 3. The summed E-state index contributed by atoms with van der Waals surface area (Å²) in [6, 6.07) is 13.2. The van der Waals surface area contributed by atoms with Crippen molar-refractivity contribution in [2.75, 3.05) is 16.8 Å². The van der Waals surface area contributed by atoms with E-state index in [0.717, 1.165) is 22.8 Å². The maximum Gasteiger partial charge on any atom is 0.0568 e. The van der Waals surface area contributed by atoms with Crippen molar-refractivity contribution in [3.63, 3.8) is 0 Å². The number of anilines is 3. The number of benzene rings is 2. The van der Waals surface area contributed by atoms with Crippen LogP contribution in [-0.4, -0.2) is 0 Å². The predicted molar refractivity (Wildman–Crippen MR) is 74.0 cm³/mol. The van der Waals surface area contributed by atoms with E-state index in [-0.39, 0.29) is 0 Å². The first-order valence-electron chi connectivity index (χ1n) is 5.28. The molecule has 0 amide bonds. The minimum absolute atomic E-state index is 0.589. The molecule has 0 heterocycles. The third-order valence-corrected chi connectivity index (χ3v) is 2.75. The Kier molecular flexibility index (Phi) is 3.40. The zero-order valence-corrected chi connectivity index (χ0v) is 10.0. The Morgan fingerprint density at radius 2 is 1.65 bits per heavy atom. The fourth-order valence-corrected chi connectivity index (χ4v) is 1.62. The maximum absolute atomic E-state index is 5.82. The third kappa shape index (κ3) is 3.04. The Hall–Kier alpha value is -1.87. The molecule has 3 nitrogen and oxygen atoms in total. The van der Waals surface area contributed by atoms with Crippen LogP contribution >= 0.6 is 11.6 Å². The molecule has 2 aromatic rings. The van der Waals surface area contributed by atoms with E-state index in [2.05, 4.69) is 5.32 Å². The summed E-state index contributed by atoms with van der Waals surface area (Å²) < 4.78 is 0. The summed E-state index contributed by atoms with van der Waals surface area (Å²) in [7, 11) is 0. The van der Waals surface area contributed by atoms with Crippen molar-refractivity contribution in [3.05, 3.63) is 53.1 Å². The third-order valence-electron chi connectivity index (χ3n) is 2.50. The highest BCUT2D eigenvalue weighted by atomic mass is 35.5. The first-order chi connectivity index (χ1) is 8.15. The summed E-state index contributed by atoms with van der Waals surface area (Å²) >= 11 is 5.82. The van der Waals surface area contributed by atoms with E-state index >= 15 is 0 Å². The fraction of sp³-hybridized carbons (Fsp3) is 0.0769. The van der Waals surface area contributed by atoms with Crippen molar-refractivity contribution >= 4 is 28.7 Å². The van der Waals surface area contributed by atoms with E-state index in [9.17, 15) is 0 Å². The molecule has 2 aromatic carbocycles. The van der Waals surface area contributed by atoms with Gasteiger partial charge in [0.15, 0.2) is 0 Å². The zero-order chi connectivity index (χ0) is 12.3. The van der Waals surface area contributed by atoms with Gasteiger partial charge in [-0.15, -0.1) is 0 Å². The molecule has 0 radical (unpaired) electrons. The minimum Gasteiger partial charge on any atom is -0.397 e. The molecule has 17 heavy (non-hydrogen) atoms. The van der Waals surface area contributed by atoms with Gasteiger partial charge in [0.1, 0.15) is 0 Å². The Morgan fingerprint density at radius 1 is 0.941 bits per heavy atom. The second kappa shape index (κ2) is 4.97. The van der Waals surface area contributed by atoms with Crippen LogP contribution in [0.25, 0.3) is 0 Å². The van der Waals surface area contributed by atoms with E-state index < -0.39 is 0 Å². The average molecular weight is 248 g/mol. The molecule has 88 valence electrons. The molecule has 0 spiro atoms. The lowest BCUT2D eigenvalue weighted by Crippen LogP contribution is -2.01. The maximum atomic E-state index is 5.82. The highest BCUT2D eigenvalue weighted by Crippen LogP contribution is 2.20. The molecule has 0 aliphatic rings. The smallest absolute Gasteiger partial charge is 0.0568 e. The number of nitrogens with one attached hydrogen (secondary N) is 1. The van der Waals surface area contributed by atoms with Gasteiger partial charge in [-0.1, -0.05) is 23.7 Å². The summed E-state index contributed by atoms with van der Waals surface area (Å²) in [5.41, 5.74) is 14.7. The average Bonchev–Trinajstić information content (AvgIpc) is 2.33. The summed E-state index contributed by atoms with van der Waals surface area (Å²) in [5, 5.41) is 4.01. The van der Waals surface area contributed by atoms with Crippen LogP contribution < -0.4 is 16.8 Å². The molecule has 0 saturated heterocycles. The number of hydrogen-bond donors (Lipinski definition) is 3. The second-order valence-electron chi connectivity index (χ2n) is 3.82. The molecular weight excluding hydrogens is 234 g/mol. The van der Waals surface area contributed by atoms with Crippen LogP contribution in [0.3, 0.4) is 0 Å². The molecule has 0 atom stereocenters. The van der Waals surface area contributed by atoms with Crippen LogP contribution in [0.4, 0.5) is 17.1 Å². The highest BCUT2D eigenvalue weighted by molar-refractivity contribution is 6.30. The van der Waals surface area contributed by atoms with Crippen LogP contribution in [0.1, 0.15) is 5.56 Å². The summed E-state index contributed by atoms with van der Waals surface area (Å²) in [5.74, 6) is 0. The molecule has 0 fully saturated rings. The SMILES string of the molecule is Nc1ccc(NCc2ccc(Cl)cc2)cc1N. The van der Waals surface area contributed by atoms with E-state index in [1.807, 2.05) is 36.4 Å². The summed E-state index contributed by atoms with van der Waals surface area (Å²) in [4.78, 5) is 0. The fourth-order valence-electron chi connectivity index (χ4n) is 1.49. The molecule has 2 rings (SSSR count). The van der Waals surface area contributed by atoms with Gasteiger partial charge in [0.2, 0.25) is 0 Å². The van der Waals surface area contributed by atoms with Gasteiger partial charge in [0.25, 0.3) is 0 Å². The summed E-state index contributed by atoms with van der Waals surface area (Å²) in [6.07, 6.45) is 0. The van der Waals surface area contributed by atoms with Gasteiger partial charge in [-0.05, 0) is 35.9 Å². The van der Waals surface area contributed by atoms with E-state index in [0.29, 0.717) is 11.4 Å². The normalized spacial score (nSPS) is 10.2. The zero-order valence-electron chi connectivity index (χ0n) is 9.28. The first-order valence-corrected chi connectivity index (χ1v) is 5.66. The molecule has 0 saturated carbocycles. The van der Waals surface area contributed by atoms with E-state index in [1.165, 1.54) is 0 Å². The summed E-state index contributed by atoms with van der Waals surface area (Å²) in [6.45, 7) is 0.723. The lowest BCUT2D eigenvalue weighted by molar-refractivity contribution is 1.15. The molecule has 0 aliphatic heterocycles. The molecule has 5 N–H and O–H groups in total. The van der Waals surface area contributed by atoms with Crippen LogP contribution in [0.2, 0.25) is 5.02 Å². The molecular formula is C13H14ClN3. The Bertz CT molecular complexity index is 509. The number of nitrogen functional groups attached to an aromatic ring is 2. The quantitative estimate of drug-likeness (QED) is 0.731. The predicted octanol–water partition coefficient (Wildman–Crippen LogP) is 3.12. The van der Waals surface area contributed by atoms with Gasteiger partial charge in [-0.25, -0.2) is 0 Å². The van der Waals surface area contributed by atoms with Crippen LogP contribution in [0.15, 0.2) is 42.5 Å². The monoisotopic (exact) mass is 247 g/mol. The van der Waals surface area contributed by atoms with Crippen molar-refractivity contribution in [3.8, 4) is 0 Å². The Labute approximate surface area is 105 Å². The number of nitrogens with two attached hydrogens (primary N) is 2. The van der Waals surface area contributed by atoms with Gasteiger partial charge >= 0.3 is 0 Å². The first kappa shape index (κ1) is 11.6. The van der Waals surface area contributed by atoms with Gasteiger partial charge in [-0.3, -0.25) is 0 Å². The van der Waals surface area contributed by atoms with E-state index in [4.69, 9.17) is 23.1 Å². The van der Waals surface area contributed by atoms with Crippen molar-refractivity contribution in [1.29, 1.82) is 0 Å². The standard InChI is InChI=1S/C13H14ClN3/c14-10-3-1-9(2-4-10)8-17-11-5-6-12(15)13(16)7-11/h1-7,17H,8,15-16H2.